The van der Waals surface area contributed by atoms with Crippen LogP contribution in [-0.4, -0.2) is 35.7 Å². The molecular formula is C24H21N7O. The van der Waals surface area contributed by atoms with Gasteiger partial charge < -0.3 is 5.32 Å². The van der Waals surface area contributed by atoms with E-state index >= 15 is 0 Å². The summed E-state index contributed by atoms with van der Waals surface area (Å²) >= 11 is 0. The number of carbonyl (C=O) groups is 1. The van der Waals surface area contributed by atoms with Crippen LogP contribution in [0.25, 0.3) is 16.6 Å². The van der Waals surface area contributed by atoms with Crippen LogP contribution < -0.4 is 5.32 Å². The summed E-state index contributed by atoms with van der Waals surface area (Å²) in [6.45, 7) is 2.48. The summed E-state index contributed by atoms with van der Waals surface area (Å²) < 4.78 is 3.43. The van der Waals surface area contributed by atoms with Gasteiger partial charge in [0.15, 0.2) is 5.69 Å². The summed E-state index contributed by atoms with van der Waals surface area (Å²) in [4.78, 5) is 17.5. The number of nitrogens with one attached hydrogen (secondary N) is 1. The van der Waals surface area contributed by atoms with Crippen molar-refractivity contribution in [2.24, 2.45) is 0 Å². The van der Waals surface area contributed by atoms with Crippen molar-refractivity contribution in [3.63, 3.8) is 0 Å². The molecule has 32 heavy (non-hydrogen) atoms. The Morgan fingerprint density at radius 2 is 1.81 bits per heavy atom. The number of carbonyl (C=O) groups excluding carboxylic acids is 1. The molecule has 0 bridgehead atoms. The number of aromatic nitrogens is 6. The van der Waals surface area contributed by atoms with E-state index in [0.29, 0.717) is 18.1 Å². The molecule has 0 fully saturated rings. The summed E-state index contributed by atoms with van der Waals surface area (Å²) in [6.07, 6.45) is 4.23. The third kappa shape index (κ3) is 3.74. The maximum atomic E-state index is 13.0. The monoisotopic (exact) mass is 423 g/mol. The number of hydrogen-bond acceptors (Lipinski definition) is 5. The molecule has 0 aliphatic rings. The van der Waals surface area contributed by atoms with Crippen LogP contribution in [0.3, 0.4) is 0 Å². The highest BCUT2D eigenvalue weighted by Crippen LogP contribution is 2.21. The molecule has 1 N–H and O–H groups in total. The first kappa shape index (κ1) is 19.6. The van der Waals surface area contributed by atoms with E-state index in [-0.39, 0.29) is 11.6 Å². The highest BCUT2D eigenvalue weighted by molar-refractivity contribution is 6.03. The van der Waals surface area contributed by atoms with Gasteiger partial charge >= 0.3 is 0 Å². The van der Waals surface area contributed by atoms with Crippen LogP contribution in [0.1, 0.15) is 21.7 Å². The van der Waals surface area contributed by atoms with Crippen molar-refractivity contribution in [2.75, 3.05) is 5.32 Å². The maximum Gasteiger partial charge on any atom is 0.279 e. The Bertz CT molecular complexity index is 1380. The second-order valence-electron chi connectivity index (χ2n) is 7.42. The standard InChI is InChI=1S/C24H21N7O/c1-17-22(28-29-31(17)20-11-5-9-19-10-6-14-25-23(19)20)24(32)27-21-12-15-26-30(21)16-13-18-7-3-2-4-8-18/h2-12,14-15H,13,16H2,1H3,(H,27,32). The zero-order chi connectivity index (χ0) is 21.9. The van der Waals surface area contributed by atoms with Gasteiger partial charge in [-0.05, 0) is 31.0 Å². The van der Waals surface area contributed by atoms with Crippen molar-refractivity contribution in [1.29, 1.82) is 0 Å². The van der Waals surface area contributed by atoms with E-state index in [2.05, 4.69) is 37.8 Å². The van der Waals surface area contributed by atoms with Crippen LogP contribution in [0.2, 0.25) is 0 Å². The van der Waals surface area contributed by atoms with Gasteiger partial charge in [0.1, 0.15) is 5.82 Å². The van der Waals surface area contributed by atoms with Gasteiger partial charge in [0.2, 0.25) is 0 Å². The molecule has 3 heterocycles. The van der Waals surface area contributed by atoms with Gasteiger partial charge in [-0.3, -0.25) is 9.78 Å². The number of anilines is 1. The number of aryl methyl sites for hydroxylation is 2. The second kappa shape index (κ2) is 8.43. The Morgan fingerprint density at radius 1 is 0.969 bits per heavy atom. The zero-order valence-electron chi connectivity index (χ0n) is 17.5. The first-order valence-electron chi connectivity index (χ1n) is 10.3. The summed E-state index contributed by atoms with van der Waals surface area (Å²) in [5.74, 6) is 0.287. The van der Waals surface area contributed by atoms with E-state index in [1.54, 1.807) is 27.8 Å². The van der Waals surface area contributed by atoms with Crippen LogP contribution in [0, 0.1) is 6.92 Å². The van der Waals surface area contributed by atoms with Crippen molar-refractivity contribution in [2.45, 2.75) is 19.9 Å². The van der Waals surface area contributed by atoms with Crippen LogP contribution in [0.5, 0.6) is 0 Å². The predicted molar refractivity (Wildman–Crippen MR) is 122 cm³/mol. The Labute approximate surface area is 184 Å². The fourth-order valence-electron chi connectivity index (χ4n) is 3.70. The molecule has 158 valence electrons. The first-order valence-corrected chi connectivity index (χ1v) is 10.3. The van der Waals surface area contributed by atoms with Crippen molar-refractivity contribution in [1.82, 2.24) is 29.8 Å². The van der Waals surface area contributed by atoms with Crippen LogP contribution >= 0.6 is 0 Å². The molecule has 0 atom stereocenters. The second-order valence-corrected chi connectivity index (χ2v) is 7.42. The molecule has 3 aromatic heterocycles. The van der Waals surface area contributed by atoms with Crippen molar-refractivity contribution >= 4 is 22.6 Å². The molecule has 0 saturated carbocycles. The molecule has 2 aromatic carbocycles. The topological polar surface area (TPSA) is 90.5 Å². The fraction of sp³-hybridized carbons (Fsp3) is 0.125. The average Bonchev–Trinajstić information content (AvgIpc) is 3.44. The van der Waals surface area contributed by atoms with E-state index in [1.807, 2.05) is 55.5 Å². The Hall–Kier alpha value is -4.33. The molecule has 8 nitrogen and oxygen atoms in total. The van der Waals surface area contributed by atoms with E-state index in [9.17, 15) is 4.79 Å². The van der Waals surface area contributed by atoms with Crippen LogP contribution in [0.15, 0.2) is 79.1 Å². The van der Waals surface area contributed by atoms with Gasteiger partial charge in [0.05, 0.1) is 23.1 Å². The number of amides is 1. The summed E-state index contributed by atoms with van der Waals surface area (Å²) in [5.41, 5.74) is 3.68. The number of fused-ring (bicyclic) bond motifs is 1. The third-order valence-electron chi connectivity index (χ3n) is 5.36. The highest BCUT2D eigenvalue weighted by Gasteiger charge is 2.20. The van der Waals surface area contributed by atoms with Crippen molar-refractivity contribution in [3.8, 4) is 5.69 Å². The molecule has 0 aliphatic carbocycles. The number of para-hydroxylation sites is 1. The summed E-state index contributed by atoms with van der Waals surface area (Å²) in [6, 6.07) is 21.7. The third-order valence-corrected chi connectivity index (χ3v) is 5.36. The Balaban J connectivity index is 1.37. The Morgan fingerprint density at radius 3 is 2.69 bits per heavy atom. The minimum atomic E-state index is -0.330. The fourth-order valence-corrected chi connectivity index (χ4v) is 3.70. The summed E-state index contributed by atoms with van der Waals surface area (Å²) in [7, 11) is 0. The smallest absolute Gasteiger partial charge is 0.279 e. The first-order chi connectivity index (χ1) is 15.7. The molecule has 5 rings (SSSR count). The minimum absolute atomic E-state index is 0.258. The number of nitrogens with zero attached hydrogens (tertiary/aromatic N) is 6. The van der Waals surface area contributed by atoms with Gasteiger partial charge in [0, 0.05) is 24.2 Å². The van der Waals surface area contributed by atoms with Gasteiger partial charge in [0.25, 0.3) is 5.91 Å². The van der Waals surface area contributed by atoms with E-state index in [0.717, 1.165) is 23.0 Å². The maximum absolute atomic E-state index is 13.0. The number of rotatable bonds is 6. The molecule has 0 saturated heterocycles. The predicted octanol–water partition coefficient (Wildman–Crippen LogP) is 3.82. The van der Waals surface area contributed by atoms with Gasteiger partial charge in [-0.15, -0.1) is 5.10 Å². The Kier molecular flexibility index (Phi) is 5.17. The van der Waals surface area contributed by atoms with E-state index < -0.39 is 0 Å². The lowest BCUT2D eigenvalue weighted by molar-refractivity contribution is 0.102. The lowest BCUT2D eigenvalue weighted by Crippen LogP contribution is -2.18. The summed E-state index contributed by atoms with van der Waals surface area (Å²) in [5, 5.41) is 16.6. The normalized spacial score (nSPS) is 11.0. The SMILES string of the molecule is Cc1c(C(=O)Nc2ccnn2CCc2ccccc2)nnn1-c1cccc2cccnc12. The number of hydrogen-bond donors (Lipinski definition) is 1. The molecule has 0 radical (unpaired) electrons. The van der Waals surface area contributed by atoms with Crippen LogP contribution in [-0.2, 0) is 13.0 Å². The molecule has 0 unspecified atom stereocenters. The minimum Gasteiger partial charge on any atom is -0.305 e. The average molecular weight is 423 g/mol. The molecule has 5 aromatic rings. The number of benzene rings is 2. The van der Waals surface area contributed by atoms with Crippen molar-refractivity contribution in [3.05, 3.63) is 96.1 Å². The molecule has 1 amide bonds. The van der Waals surface area contributed by atoms with Gasteiger partial charge in [-0.1, -0.05) is 53.7 Å². The van der Waals surface area contributed by atoms with Crippen molar-refractivity contribution < 1.29 is 4.79 Å². The molecule has 8 heteroatoms. The van der Waals surface area contributed by atoms with E-state index in [4.69, 9.17) is 0 Å². The quantitative estimate of drug-likeness (QED) is 0.448. The lowest BCUT2D eigenvalue weighted by Gasteiger charge is -2.09. The van der Waals surface area contributed by atoms with Gasteiger partial charge in [-0.25, -0.2) is 9.36 Å². The molecular weight excluding hydrogens is 402 g/mol. The largest absolute Gasteiger partial charge is 0.305 e. The lowest BCUT2D eigenvalue weighted by atomic mass is 10.1. The van der Waals surface area contributed by atoms with Gasteiger partial charge in [-0.2, -0.15) is 5.10 Å². The molecule has 0 aliphatic heterocycles. The highest BCUT2D eigenvalue weighted by atomic mass is 16.2. The van der Waals surface area contributed by atoms with Crippen LogP contribution in [0.4, 0.5) is 5.82 Å². The van der Waals surface area contributed by atoms with E-state index in [1.165, 1.54) is 5.56 Å². The number of pyridine rings is 1. The zero-order valence-corrected chi connectivity index (χ0v) is 17.5. The molecule has 0 spiro atoms.